The zero-order chi connectivity index (χ0) is 15.2. The van der Waals surface area contributed by atoms with Gasteiger partial charge in [0.15, 0.2) is 5.78 Å². The monoisotopic (exact) mass is 283 g/mol. The highest BCUT2D eigenvalue weighted by Crippen LogP contribution is 2.17. The third-order valence-corrected chi connectivity index (χ3v) is 3.12. The molecular formula is C17H17NO3. The maximum atomic E-state index is 11.9. The van der Waals surface area contributed by atoms with Gasteiger partial charge in [-0.15, -0.1) is 0 Å². The minimum atomic E-state index is -0.845. The minimum absolute atomic E-state index is 0.0334. The van der Waals surface area contributed by atoms with E-state index in [1.165, 1.54) is 6.92 Å². The molecule has 21 heavy (non-hydrogen) atoms. The molecule has 2 aromatic rings. The molecular weight excluding hydrogens is 266 g/mol. The van der Waals surface area contributed by atoms with E-state index in [0.29, 0.717) is 16.8 Å². The van der Waals surface area contributed by atoms with Crippen LogP contribution in [0.5, 0.6) is 0 Å². The molecule has 0 heterocycles. The summed E-state index contributed by atoms with van der Waals surface area (Å²) in [4.78, 5) is 23.2. The maximum absolute atomic E-state index is 11.9. The molecule has 108 valence electrons. The second-order valence-corrected chi connectivity index (χ2v) is 4.82. The fourth-order valence-electron chi connectivity index (χ4n) is 2.00. The van der Waals surface area contributed by atoms with Crippen molar-refractivity contribution >= 4 is 17.4 Å². The van der Waals surface area contributed by atoms with Crippen LogP contribution < -0.4 is 5.32 Å². The summed E-state index contributed by atoms with van der Waals surface area (Å²) in [5.41, 5.74) is 1.79. The topological polar surface area (TPSA) is 66.4 Å². The lowest BCUT2D eigenvalue weighted by Crippen LogP contribution is -2.15. The van der Waals surface area contributed by atoms with Crippen molar-refractivity contribution in [2.45, 2.75) is 19.4 Å². The number of carbonyl (C=O) groups excluding carboxylic acids is 2. The van der Waals surface area contributed by atoms with Crippen LogP contribution in [0.3, 0.4) is 0 Å². The smallest absolute Gasteiger partial charge is 0.227 e. The van der Waals surface area contributed by atoms with Crippen molar-refractivity contribution < 1.29 is 14.7 Å². The van der Waals surface area contributed by atoms with Gasteiger partial charge in [0.25, 0.3) is 0 Å². The van der Waals surface area contributed by atoms with Gasteiger partial charge < -0.3 is 10.4 Å². The van der Waals surface area contributed by atoms with Crippen molar-refractivity contribution in [3.8, 4) is 0 Å². The standard InChI is InChI=1S/C17H17NO3/c1-12(19)14-8-5-9-15(10-14)18-17(21)11-16(20)13-6-3-2-4-7-13/h2-10,16,20H,11H2,1H3,(H,18,21). The van der Waals surface area contributed by atoms with E-state index in [-0.39, 0.29) is 18.1 Å². The highest BCUT2D eigenvalue weighted by atomic mass is 16.3. The summed E-state index contributed by atoms with van der Waals surface area (Å²) in [5.74, 6) is -0.359. The summed E-state index contributed by atoms with van der Waals surface area (Å²) in [6.45, 7) is 1.47. The van der Waals surface area contributed by atoms with E-state index >= 15 is 0 Å². The third-order valence-electron chi connectivity index (χ3n) is 3.12. The van der Waals surface area contributed by atoms with Crippen molar-refractivity contribution in [1.82, 2.24) is 0 Å². The number of aliphatic hydroxyl groups is 1. The second-order valence-electron chi connectivity index (χ2n) is 4.82. The Morgan fingerprint density at radius 2 is 1.81 bits per heavy atom. The molecule has 0 aliphatic rings. The number of nitrogens with one attached hydrogen (secondary N) is 1. The number of amides is 1. The molecule has 0 fully saturated rings. The molecule has 0 aromatic heterocycles. The molecule has 1 amide bonds. The molecule has 4 nitrogen and oxygen atoms in total. The molecule has 2 aromatic carbocycles. The van der Waals surface area contributed by atoms with Gasteiger partial charge in [0.2, 0.25) is 5.91 Å². The first-order valence-electron chi connectivity index (χ1n) is 6.70. The minimum Gasteiger partial charge on any atom is -0.388 e. The van der Waals surface area contributed by atoms with E-state index in [2.05, 4.69) is 5.32 Å². The molecule has 0 saturated heterocycles. The van der Waals surface area contributed by atoms with Crippen LogP contribution in [0.1, 0.15) is 35.4 Å². The van der Waals surface area contributed by atoms with Gasteiger partial charge in [0, 0.05) is 11.3 Å². The number of hydrogen-bond acceptors (Lipinski definition) is 3. The number of aliphatic hydroxyl groups excluding tert-OH is 1. The highest BCUT2D eigenvalue weighted by Gasteiger charge is 2.13. The van der Waals surface area contributed by atoms with Gasteiger partial charge in [-0.05, 0) is 24.6 Å². The summed E-state index contributed by atoms with van der Waals surface area (Å²) in [6.07, 6.45) is -0.879. The molecule has 1 unspecified atom stereocenters. The van der Waals surface area contributed by atoms with E-state index in [1.807, 2.05) is 18.2 Å². The van der Waals surface area contributed by atoms with Crippen LogP contribution in [0.25, 0.3) is 0 Å². The second kappa shape index (κ2) is 6.81. The number of hydrogen-bond donors (Lipinski definition) is 2. The van der Waals surface area contributed by atoms with Gasteiger partial charge in [-0.1, -0.05) is 42.5 Å². The Balaban J connectivity index is 1.99. The summed E-state index contributed by atoms with van der Waals surface area (Å²) in [7, 11) is 0. The Morgan fingerprint density at radius 1 is 1.10 bits per heavy atom. The van der Waals surface area contributed by atoms with Crippen LogP contribution in [0.4, 0.5) is 5.69 Å². The average Bonchev–Trinajstić information content (AvgIpc) is 2.48. The molecule has 0 saturated carbocycles. The maximum Gasteiger partial charge on any atom is 0.227 e. The Bertz CT molecular complexity index is 637. The van der Waals surface area contributed by atoms with Crippen molar-refractivity contribution in [2.24, 2.45) is 0 Å². The third kappa shape index (κ3) is 4.26. The zero-order valence-corrected chi connectivity index (χ0v) is 11.7. The van der Waals surface area contributed by atoms with E-state index in [4.69, 9.17) is 0 Å². The SMILES string of the molecule is CC(=O)c1cccc(NC(=O)CC(O)c2ccccc2)c1. The molecule has 2 N–H and O–H groups in total. The van der Waals surface area contributed by atoms with Crippen molar-refractivity contribution in [2.75, 3.05) is 5.32 Å². The molecule has 0 aliphatic heterocycles. The fraction of sp³-hybridized carbons (Fsp3) is 0.176. The Morgan fingerprint density at radius 3 is 2.48 bits per heavy atom. The molecule has 0 aliphatic carbocycles. The Hall–Kier alpha value is -2.46. The van der Waals surface area contributed by atoms with Gasteiger partial charge >= 0.3 is 0 Å². The predicted octanol–water partition coefficient (Wildman–Crippen LogP) is 2.95. The summed E-state index contributed by atoms with van der Waals surface area (Å²) >= 11 is 0. The van der Waals surface area contributed by atoms with Gasteiger partial charge in [-0.2, -0.15) is 0 Å². The molecule has 1 atom stereocenters. The van der Waals surface area contributed by atoms with Crippen LogP contribution >= 0.6 is 0 Å². The van der Waals surface area contributed by atoms with E-state index in [1.54, 1.807) is 36.4 Å². The van der Waals surface area contributed by atoms with Crippen LogP contribution in [0.2, 0.25) is 0 Å². The molecule has 4 heteroatoms. The van der Waals surface area contributed by atoms with Crippen LogP contribution in [-0.2, 0) is 4.79 Å². The lowest BCUT2D eigenvalue weighted by Gasteiger charge is -2.11. The number of Topliss-reactive ketones (excluding diaryl/α,β-unsaturated/α-hetero) is 1. The highest BCUT2D eigenvalue weighted by molar-refractivity contribution is 5.97. The van der Waals surface area contributed by atoms with E-state index in [9.17, 15) is 14.7 Å². The summed E-state index contributed by atoms with van der Waals surface area (Å²) < 4.78 is 0. The fourth-order valence-corrected chi connectivity index (χ4v) is 2.00. The number of benzene rings is 2. The van der Waals surface area contributed by atoms with Gasteiger partial charge in [-0.25, -0.2) is 0 Å². The lowest BCUT2D eigenvalue weighted by molar-refractivity contribution is -0.118. The Labute approximate surface area is 123 Å². The lowest BCUT2D eigenvalue weighted by atomic mass is 10.1. The van der Waals surface area contributed by atoms with Gasteiger partial charge in [0.05, 0.1) is 12.5 Å². The van der Waals surface area contributed by atoms with Gasteiger partial charge in [0.1, 0.15) is 0 Å². The summed E-state index contributed by atoms with van der Waals surface area (Å²) in [6, 6.07) is 15.7. The number of carbonyl (C=O) groups is 2. The zero-order valence-electron chi connectivity index (χ0n) is 11.7. The summed E-state index contributed by atoms with van der Waals surface area (Å²) in [5, 5.41) is 12.7. The quantitative estimate of drug-likeness (QED) is 0.829. The van der Waals surface area contributed by atoms with E-state index in [0.717, 1.165) is 0 Å². The van der Waals surface area contributed by atoms with E-state index < -0.39 is 6.10 Å². The first kappa shape index (κ1) is 14.9. The van der Waals surface area contributed by atoms with Crippen molar-refractivity contribution in [3.63, 3.8) is 0 Å². The van der Waals surface area contributed by atoms with Crippen LogP contribution in [-0.4, -0.2) is 16.8 Å². The predicted molar refractivity (Wildman–Crippen MR) is 81.1 cm³/mol. The molecule has 2 rings (SSSR count). The van der Waals surface area contributed by atoms with Crippen molar-refractivity contribution in [1.29, 1.82) is 0 Å². The first-order chi connectivity index (χ1) is 10.1. The normalized spacial score (nSPS) is 11.7. The Kier molecular flexibility index (Phi) is 4.85. The van der Waals surface area contributed by atoms with Gasteiger partial charge in [-0.3, -0.25) is 9.59 Å². The van der Waals surface area contributed by atoms with Crippen molar-refractivity contribution in [3.05, 3.63) is 65.7 Å². The molecule has 0 spiro atoms. The molecule has 0 bridgehead atoms. The largest absolute Gasteiger partial charge is 0.388 e. The van der Waals surface area contributed by atoms with Crippen LogP contribution in [0, 0.1) is 0 Å². The number of anilines is 1. The number of ketones is 1. The molecule has 0 radical (unpaired) electrons. The van der Waals surface area contributed by atoms with Crippen LogP contribution in [0.15, 0.2) is 54.6 Å². The number of rotatable bonds is 5. The first-order valence-corrected chi connectivity index (χ1v) is 6.70. The average molecular weight is 283 g/mol.